The van der Waals surface area contributed by atoms with E-state index in [4.69, 9.17) is 21.1 Å². The van der Waals surface area contributed by atoms with Crippen molar-refractivity contribution in [3.8, 4) is 23.3 Å². The van der Waals surface area contributed by atoms with E-state index < -0.39 is 0 Å². The van der Waals surface area contributed by atoms with Crippen LogP contribution in [0.25, 0.3) is 0 Å². The maximum atomic E-state index is 5.75. The highest BCUT2D eigenvalue weighted by Crippen LogP contribution is 2.16. The normalized spacial score (nSPS) is 9.62. The van der Waals surface area contributed by atoms with Gasteiger partial charge in [-0.2, -0.15) is 0 Å². The van der Waals surface area contributed by atoms with Gasteiger partial charge < -0.3 is 9.47 Å². The molecular formula is C18H17ClO2. The number of benzene rings is 2. The van der Waals surface area contributed by atoms with E-state index >= 15 is 0 Å². The Balaban J connectivity index is 1.93. The summed E-state index contributed by atoms with van der Waals surface area (Å²) in [4.78, 5) is 0. The minimum atomic E-state index is 0.508. The van der Waals surface area contributed by atoms with Crippen molar-refractivity contribution in [2.45, 2.75) is 13.0 Å². The molecule has 0 bridgehead atoms. The lowest BCUT2D eigenvalue weighted by Crippen LogP contribution is -1.96. The van der Waals surface area contributed by atoms with Gasteiger partial charge in [0.05, 0.1) is 7.11 Å². The van der Waals surface area contributed by atoms with Gasteiger partial charge in [-0.1, -0.05) is 24.0 Å². The highest BCUT2D eigenvalue weighted by Gasteiger charge is 1.98. The molecule has 21 heavy (non-hydrogen) atoms. The first-order chi connectivity index (χ1) is 10.3. The van der Waals surface area contributed by atoms with Gasteiger partial charge >= 0.3 is 0 Å². The van der Waals surface area contributed by atoms with E-state index in [0.717, 1.165) is 22.6 Å². The smallest absolute Gasteiger partial charge is 0.119 e. The number of ether oxygens (including phenoxy) is 2. The maximum Gasteiger partial charge on any atom is 0.119 e. The number of rotatable bonds is 5. The van der Waals surface area contributed by atoms with Gasteiger partial charge in [-0.25, -0.2) is 0 Å². The van der Waals surface area contributed by atoms with Crippen LogP contribution < -0.4 is 9.47 Å². The Morgan fingerprint density at radius 2 is 1.86 bits per heavy atom. The molecule has 108 valence electrons. The molecule has 0 aliphatic heterocycles. The molecule has 3 heteroatoms. The summed E-state index contributed by atoms with van der Waals surface area (Å²) >= 11 is 5.58. The molecule has 0 unspecified atom stereocenters. The molecule has 0 spiro atoms. The predicted octanol–water partition coefficient (Wildman–Crippen LogP) is 4.25. The Kier molecular flexibility index (Phi) is 5.99. The topological polar surface area (TPSA) is 18.5 Å². The number of halogens is 1. The van der Waals surface area contributed by atoms with Gasteiger partial charge in [-0.05, 0) is 42.0 Å². The Hall–Kier alpha value is -2.11. The van der Waals surface area contributed by atoms with Crippen LogP contribution in [0.4, 0.5) is 0 Å². The summed E-state index contributed by atoms with van der Waals surface area (Å²) in [7, 11) is 1.66. The van der Waals surface area contributed by atoms with Crippen LogP contribution >= 0.6 is 11.6 Å². The number of hydrogen-bond acceptors (Lipinski definition) is 2. The molecule has 2 nitrogen and oxygen atoms in total. The number of hydrogen-bond donors (Lipinski definition) is 0. The first-order valence-corrected chi connectivity index (χ1v) is 7.26. The molecule has 0 saturated carbocycles. The molecule has 0 aliphatic carbocycles. The summed E-state index contributed by atoms with van der Waals surface area (Å²) in [5.41, 5.74) is 2.04. The van der Waals surface area contributed by atoms with Crippen molar-refractivity contribution < 1.29 is 9.47 Å². The molecule has 0 heterocycles. The van der Waals surface area contributed by atoms with Crippen molar-refractivity contribution >= 4 is 11.6 Å². The van der Waals surface area contributed by atoms with Gasteiger partial charge in [-0.15, -0.1) is 11.6 Å². The summed E-state index contributed by atoms with van der Waals surface area (Å²) < 4.78 is 10.9. The van der Waals surface area contributed by atoms with Gasteiger partial charge in [0.25, 0.3) is 0 Å². The van der Waals surface area contributed by atoms with Gasteiger partial charge in [0.15, 0.2) is 0 Å². The second-order valence-electron chi connectivity index (χ2n) is 4.41. The second-order valence-corrected chi connectivity index (χ2v) is 4.78. The highest BCUT2D eigenvalue weighted by molar-refractivity contribution is 6.18. The fourth-order valence-electron chi connectivity index (χ4n) is 1.78. The van der Waals surface area contributed by atoms with Crippen LogP contribution in [0, 0.1) is 11.8 Å². The van der Waals surface area contributed by atoms with Crippen molar-refractivity contribution in [1.82, 2.24) is 0 Å². The first kappa shape index (κ1) is 15.3. The van der Waals surface area contributed by atoms with Crippen LogP contribution in [-0.2, 0) is 6.61 Å². The lowest BCUT2D eigenvalue weighted by atomic mass is 10.2. The van der Waals surface area contributed by atoms with Crippen molar-refractivity contribution in [2.24, 2.45) is 0 Å². The third kappa shape index (κ3) is 5.06. The van der Waals surface area contributed by atoms with Gasteiger partial charge in [0.2, 0.25) is 0 Å². The van der Waals surface area contributed by atoms with E-state index in [1.165, 1.54) is 0 Å². The zero-order valence-electron chi connectivity index (χ0n) is 11.9. The molecule has 0 aromatic heterocycles. The molecule has 2 aromatic rings. The third-order valence-corrected chi connectivity index (χ3v) is 3.04. The molecule has 0 N–H and O–H groups in total. The Morgan fingerprint density at radius 1 is 1.05 bits per heavy atom. The van der Waals surface area contributed by atoms with Gasteiger partial charge in [-0.3, -0.25) is 0 Å². The van der Waals surface area contributed by atoms with Crippen molar-refractivity contribution in [2.75, 3.05) is 13.0 Å². The molecule has 0 fully saturated rings. The summed E-state index contributed by atoms with van der Waals surface area (Å²) in [6.07, 6.45) is 0.704. The number of methoxy groups -OCH3 is 1. The van der Waals surface area contributed by atoms with E-state index in [0.29, 0.717) is 18.9 Å². The van der Waals surface area contributed by atoms with Crippen LogP contribution in [-0.4, -0.2) is 13.0 Å². The lowest BCUT2D eigenvalue weighted by molar-refractivity contribution is 0.305. The van der Waals surface area contributed by atoms with Crippen LogP contribution in [0.3, 0.4) is 0 Å². The standard InChI is InChI=1S/C18H17ClO2/c1-20-18-7-4-6-16(13-18)14-21-17-10-8-15(9-11-17)5-2-3-12-19/h4,6-11,13H,3,12,14H2,1H3. The van der Waals surface area contributed by atoms with E-state index in [2.05, 4.69) is 11.8 Å². The highest BCUT2D eigenvalue weighted by atomic mass is 35.5. The van der Waals surface area contributed by atoms with Crippen LogP contribution in [0.1, 0.15) is 17.5 Å². The molecule has 0 aliphatic rings. The fraction of sp³-hybridized carbons (Fsp3) is 0.222. The molecule has 0 saturated heterocycles. The molecule has 0 radical (unpaired) electrons. The summed E-state index contributed by atoms with van der Waals surface area (Å²) in [6, 6.07) is 15.6. The van der Waals surface area contributed by atoms with Crippen molar-refractivity contribution in [3.05, 3.63) is 59.7 Å². The van der Waals surface area contributed by atoms with E-state index in [1.807, 2.05) is 48.5 Å². The van der Waals surface area contributed by atoms with Crippen molar-refractivity contribution in [3.63, 3.8) is 0 Å². The quantitative estimate of drug-likeness (QED) is 0.607. The average Bonchev–Trinajstić information content (AvgIpc) is 2.54. The molecule has 2 rings (SSSR count). The fourth-order valence-corrected chi connectivity index (χ4v) is 1.87. The predicted molar refractivity (Wildman–Crippen MR) is 86.0 cm³/mol. The summed E-state index contributed by atoms with van der Waals surface area (Å²) in [6.45, 7) is 0.508. The van der Waals surface area contributed by atoms with E-state index in [9.17, 15) is 0 Å². The number of alkyl halides is 1. The van der Waals surface area contributed by atoms with E-state index in [-0.39, 0.29) is 0 Å². The van der Waals surface area contributed by atoms with Crippen LogP contribution in [0.15, 0.2) is 48.5 Å². The largest absolute Gasteiger partial charge is 0.497 e. The first-order valence-electron chi connectivity index (χ1n) is 6.72. The van der Waals surface area contributed by atoms with Crippen molar-refractivity contribution in [1.29, 1.82) is 0 Å². The average molecular weight is 301 g/mol. The lowest BCUT2D eigenvalue weighted by Gasteiger charge is -2.07. The maximum absolute atomic E-state index is 5.75. The SMILES string of the molecule is COc1cccc(COc2ccc(C#CCCCl)cc2)c1. The Labute approximate surface area is 130 Å². The molecule has 0 atom stereocenters. The molecular weight excluding hydrogens is 284 g/mol. The third-order valence-electron chi connectivity index (χ3n) is 2.85. The minimum absolute atomic E-state index is 0.508. The minimum Gasteiger partial charge on any atom is -0.497 e. The van der Waals surface area contributed by atoms with Gasteiger partial charge in [0.1, 0.15) is 18.1 Å². The second kappa shape index (κ2) is 8.24. The van der Waals surface area contributed by atoms with Crippen LogP contribution in [0.2, 0.25) is 0 Å². The molecule has 0 amide bonds. The Morgan fingerprint density at radius 3 is 2.57 bits per heavy atom. The summed E-state index contributed by atoms with van der Waals surface area (Å²) in [5, 5.41) is 0. The van der Waals surface area contributed by atoms with E-state index in [1.54, 1.807) is 7.11 Å². The monoisotopic (exact) mass is 300 g/mol. The zero-order valence-corrected chi connectivity index (χ0v) is 12.7. The zero-order chi connectivity index (χ0) is 14.9. The Bertz CT molecular complexity index is 624. The summed E-state index contributed by atoms with van der Waals surface area (Å²) in [5.74, 6) is 8.28. The molecule has 2 aromatic carbocycles. The van der Waals surface area contributed by atoms with Crippen LogP contribution in [0.5, 0.6) is 11.5 Å². The van der Waals surface area contributed by atoms with Gasteiger partial charge in [0, 0.05) is 17.9 Å².